The standard InChI is InChI=1S/C19H29N3O4/c23-18(13-24-12-16-3-1-2-10-25-16)22-8-6-14(7-9-22)11-17-20-19(26-21-17)15-4-5-15/h14-16H,1-13H2/t16-/m0/s1. The molecule has 2 aliphatic heterocycles. The van der Waals surface area contributed by atoms with Crippen LogP contribution in [0.1, 0.15) is 62.6 Å². The van der Waals surface area contributed by atoms with E-state index in [2.05, 4.69) is 10.1 Å². The van der Waals surface area contributed by atoms with E-state index in [0.717, 1.165) is 63.5 Å². The number of hydrogen-bond donors (Lipinski definition) is 0. The minimum Gasteiger partial charge on any atom is -0.376 e. The van der Waals surface area contributed by atoms with Crippen molar-refractivity contribution >= 4 is 5.91 Å². The minimum absolute atomic E-state index is 0.0924. The van der Waals surface area contributed by atoms with Crippen LogP contribution in [0, 0.1) is 5.92 Å². The Morgan fingerprint density at radius 2 is 2.00 bits per heavy atom. The number of amides is 1. The van der Waals surface area contributed by atoms with Crippen LogP contribution in [0.5, 0.6) is 0 Å². The molecule has 1 saturated carbocycles. The first-order chi connectivity index (χ1) is 12.8. The number of rotatable bonds is 7. The summed E-state index contributed by atoms with van der Waals surface area (Å²) in [6, 6.07) is 0. The summed E-state index contributed by atoms with van der Waals surface area (Å²) >= 11 is 0. The fourth-order valence-electron chi connectivity index (χ4n) is 3.80. The normalized spacial score (nSPS) is 24.8. The zero-order valence-electron chi connectivity index (χ0n) is 15.4. The molecule has 7 heteroatoms. The van der Waals surface area contributed by atoms with Crippen LogP contribution in [-0.4, -0.2) is 60.0 Å². The van der Waals surface area contributed by atoms with Crippen molar-refractivity contribution in [3.8, 4) is 0 Å². The third kappa shape index (κ3) is 4.82. The van der Waals surface area contributed by atoms with E-state index in [1.807, 2.05) is 4.90 Å². The molecule has 3 fully saturated rings. The van der Waals surface area contributed by atoms with E-state index >= 15 is 0 Å². The number of carbonyl (C=O) groups excluding carboxylic acids is 1. The number of likely N-dealkylation sites (tertiary alicyclic amines) is 1. The van der Waals surface area contributed by atoms with Gasteiger partial charge in [-0.25, -0.2) is 0 Å². The first-order valence-corrected chi connectivity index (χ1v) is 10.1. The molecule has 0 bridgehead atoms. The lowest BCUT2D eigenvalue weighted by molar-refractivity contribution is -0.139. The van der Waals surface area contributed by atoms with Crippen molar-refractivity contribution in [2.45, 2.75) is 63.4 Å². The largest absolute Gasteiger partial charge is 0.376 e. The Morgan fingerprint density at radius 3 is 2.73 bits per heavy atom. The Balaban J connectivity index is 1.14. The van der Waals surface area contributed by atoms with Crippen LogP contribution in [0.4, 0.5) is 0 Å². The molecular weight excluding hydrogens is 334 g/mol. The summed E-state index contributed by atoms with van der Waals surface area (Å²) in [4.78, 5) is 18.7. The summed E-state index contributed by atoms with van der Waals surface area (Å²) < 4.78 is 16.6. The van der Waals surface area contributed by atoms with Gasteiger partial charge in [0.1, 0.15) is 6.61 Å². The van der Waals surface area contributed by atoms with Gasteiger partial charge in [-0.15, -0.1) is 0 Å². The third-order valence-electron chi connectivity index (χ3n) is 5.65. The SMILES string of the molecule is O=C(COC[C@@H]1CCCCO1)N1CCC(Cc2noc(C3CC3)n2)CC1. The molecule has 2 saturated heterocycles. The van der Waals surface area contributed by atoms with E-state index in [1.165, 1.54) is 19.3 Å². The van der Waals surface area contributed by atoms with Crippen molar-refractivity contribution in [2.75, 3.05) is 32.9 Å². The van der Waals surface area contributed by atoms with Gasteiger partial charge in [0.2, 0.25) is 11.8 Å². The Bertz CT molecular complexity index is 587. The maximum Gasteiger partial charge on any atom is 0.248 e. The Kier molecular flexibility index (Phi) is 5.84. The second-order valence-corrected chi connectivity index (χ2v) is 7.86. The lowest BCUT2D eigenvalue weighted by atomic mass is 9.93. The van der Waals surface area contributed by atoms with E-state index in [0.29, 0.717) is 18.4 Å². The quantitative estimate of drug-likeness (QED) is 0.740. The van der Waals surface area contributed by atoms with Gasteiger partial charge in [0.15, 0.2) is 5.82 Å². The molecule has 7 nitrogen and oxygen atoms in total. The number of aromatic nitrogens is 2. The van der Waals surface area contributed by atoms with Crippen molar-refractivity contribution in [1.82, 2.24) is 15.0 Å². The highest BCUT2D eigenvalue weighted by Gasteiger charge is 2.30. The van der Waals surface area contributed by atoms with Gasteiger partial charge >= 0.3 is 0 Å². The Hall–Kier alpha value is -1.47. The van der Waals surface area contributed by atoms with E-state index in [-0.39, 0.29) is 18.6 Å². The van der Waals surface area contributed by atoms with Gasteiger partial charge in [-0.1, -0.05) is 5.16 Å². The second-order valence-electron chi connectivity index (χ2n) is 7.86. The topological polar surface area (TPSA) is 77.7 Å². The van der Waals surface area contributed by atoms with Crippen LogP contribution in [0.3, 0.4) is 0 Å². The van der Waals surface area contributed by atoms with Gasteiger partial charge in [0.25, 0.3) is 0 Å². The first kappa shape index (κ1) is 17.9. The van der Waals surface area contributed by atoms with Crippen LogP contribution < -0.4 is 0 Å². The predicted molar refractivity (Wildman–Crippen MR) is 93.7 cm³/mol. The highest BCUT2D eigenvalue weighted by Crippen LogP contribution is 2.39. The minimum atomic E-state index is 0.0924. The lowest BCUT2D eigenvalue weighted by Crippen LogP contribution is -2.41. The van der Waals surface area contributed by atoms with Gasteiger partial charge in [-0.05, 0) is 50.9 Å². The van der Waals surface area contributed by atoms with Crippen LogP contribution in [0.25, 0.3) is 0 Å². The van der Waals surface area contributed by atoms with Crippen molar-refractivity contribution in [1.29, 1.82) is 0 Å². The van der Waals surface area contributed by atoms with Crippen LogP contribution in [0.2, 0.25) is 0 Å². The summed E-state index contributed by atoms with van der Waals surface area (Å²) in [5, 5.41) is 4.11. The summed E-state index contributed by atoms with van der Waals surface area (Å²) in [5.41, 5.74) is 0. The summed E-state index contributed by atoms with van der Waals surface area (Å²) in [5.74, 6) is 2.77. The summed E-state index contributed by atoms with van der Waals surface area (Å²) in [6.45, 7) is 3.10. The average Bonchev–Trinajstić information content (AvgIpc) is 3.43. The molecule has 0 N–H and O–H groups in total. The van der Waals surface area contributed by atoms with Crippen LogP contribution in [0.15, 0.2) is 4.52 Å². The highest BCUT2D eigenvalue weighted by molar-refractivity contribution is 5.77. The Morgan fingerprint density at radius 1 is 1.15 bits per heavy atom. The molecule has 3 heterocycles. The molecule has 0 spiro atoms. The molecule has 1 amide bonds. The highest BCUT2D eigenvalue weighted by atomic mass is 16.5. The second kappa shape index (κ2) is 8.48. The molecule has 1 aliphatic carbocycles. The molecule has 1 aromatic rings. The van der Waals surface area contributed by atoms with E-state index in [1.54, 1.807) is 0 Å². The fraction of sp³-hybridized carbons (Fsp3) is 0.842. The zero-order valence-corrected chi connectivity index (χ0v) is 15.4. The van der Waals surface area contributed by atoms with Gasteiger partial charge in [0.05, 0.1) is 12.7 Å². The number of hydrogen-bond acceptors (Lipinski definition) is 6. The summed E-state index contributed by atoms with van der Waals surface area (Å²) in [7, 11) is 0. The number of nitrogens with zero attached hydrogens (tertiary/aromatic N) is 3. The molecule has 0 radical (unpaired) electrons. The molecule has 144 valence electrons. The summed E-state index contributed by atoms with van der Waals surface area (Å²) in [6.07, 6.45) is 8.72. The Labute approximate surface area is 154 Å². The van der Waals surface area contributed by atoms with E-state index in [9.17, 15) is 4.79 Å². The molecular formula is C19H29N3O4. The molecule has 1 aromatic heterocycles. The van der Waals surface area contributed by atoms with Crippen molar-refractivity contribution in [3.05, 3.63) is 11.7 Å². The predicted octanol–water partition coefficient (Wildman–Crippen LogP) is 2.31. The van der Waals surface area contributed by atoms with Crippen molar-refractivity contribution in [3.63, 3.8) is 0 Å². The molecule has 3 aliphatic rings. The number of piperidine rings is 1. The third-order valence-corrected chi connectivity index (χ3v) is 5.65. The maximum absolute atomic E-state index is 12.3. The smallest absolute Gasteiger partial charge is 0.248 e. The van der Waals surface area contributed by atoms with Gasteiger partial charge in [-0.3, -0.25) is 4.79 Å². The lowest BCUT2D eigenvalue weighted by Gasteiger charge is -2.31. The molecule has 0 aromatic carbocycles. The molecule has 1 atom stereocenters. The first-order valence-electron chi connectivity index (χ1n) is 10.1. The van der Waals surface area contributed by atoms with Gasteiger partial charge in [0, 0.05) is 32.0 Å². The average molecular weight is 363 g/mol. The van der Waals surface area contributed by atoms with Gasteiger partial charge in [-0.2, -0.15) is 4.98 Å². The molecule has 4 rings (SSSR count). The van der Waals surface area contributed by atoms with Crippen molar-refractivity contribution < 1.29 is 18.8 Å². The number of carbonyl (C=O) groups is 1. The zero-order chi connectivity index (χ0) is 17.8. The maximum atomic E-state index is 12.3. The monoisotopic (exact) mass is 363 g/mol. The molecule has 26 heavy (non-hydrogen) atoms. The van der Waals surface area contributed by atoms with Crippen LogP contribution >= 0.6 is 0 Å². The van der Waals surface area contributed by atoms with Crippen LogP contribution in [-0.2, 0) is 20.7 Å². The van der Waals surface area contributed by atoms with E-state index < -0.39 is 0 Å². The van der Waals surface area contributed by atoms with E-state index in [4.69, 9.17) is 14.0 Å². The van der Waals surface area contributed by atoms with Crippen molar-refractivity contribution in [2.24, 2.45) is 5.92 Å². The number of ether oxygens (including phenoxy) is 2. The molecule has 0 unspecified atom stereocenters. The van der Waals surface area contributed by atoms with Gasteiger partial charge < -0.3 is 18.9 Å². The fourth-order valence-corrected chi connectivity index (χ4v) is 3.80.